The average Bonchev–Trinajstić information content (AvgIpc) is 2.68. The third-order valence-corrected chi connectivity index (χ3v) is 4.85. The van der Waals surface area contributed by atoms with Crippen molar-refractivity contribution in [2.24, 2.45) is 5.92 Å². The Labute approximate surface area is 108 Å². The van der Waals surface area contributed by atoms with Crippen molar-refractivity contribution in [3.63, 3.8) is 0 Å². The molecule has 0 aromatic heterocycles. The van der Waals surface area contributed by atoms with E-state index in [1.807, 2.05) is 0 Å². The Morgan fingerprint density at radius 1 is 1.26 bits per heavy atom. The molecule has 1 heterocycles. The zero-order valence-electron chi connectivity index (χ0n) is 9.77. The lowest BCUT2D eigenvalue weighted by molar-refractivity contribution is -0.137. The summed E-state index contributed by atoms with van der Waals surface area (Å²) in [7, 11) is -3.23. The van der Waals surface area contributed by atoms with Gasteiger partial charge in [-0.1, -0.05) is 12.1 Å². The lowest BCUT2D eigenvalue weighted by Gasteiger charge is -2.10. The summed E-state index contributed by atoms with van der Waals surface area (Å²) in [6, 6.07) is 4.08. The minimum absolute atomic E-state index is 0.0810. The lowest BCUT2D eigenvalue weighted by Crippen LogP contribution is -2.17. The van der Waals surface area contributed by atoms with E-state index < -0.39 is 33.3 Å². The zero-order chi connectivity index (χ0) is 14.3. The Morgan fingerprint density at radius 3 is 2.47 bits per heavy atom. The van der Waals surface area contributed by atoms with E-state index in [1.165, 1.54) is 6.07 Å². The van der Waals surface area contributed by atoms with Crippen molar-refractivity contribution in [1.29, 1.82) is 0 Å². The van der Waals surface area contributed by atoms with Crippen LogP contribution < -0.4 is 0 Å². The molecule has 1 aliphatic heterocycles. The normalized spacial score (nSPS) is 22.4. The summed E-state index contributed by atoms with van der Waals surface area (Å²) in [5, 5.41) is 0. The van der Waals surface area contributed by atoms with Crippen LogP contribution in [0.4, 0.5) is 13.2 Å². The Kier molecular flexibility index (Phi) is 3.42. The fraction of sp³-hybridized carbons (Fsp3) is 0.417. The van der Waals surface area contributed by atoms with E-state index in [0.29, 0.717) is 0 Å². The Balaban J connectivity index is 2.26. The fourth-order valence-electron chi connectivity index (χ4n) is 2.09. The SMILES string of the molecule is O=C(c1cccc(C(F)(F)F)c1)C1CCS(=O)(=O)C1. The first-order valence-corrected chi connectivity index (χ1v) is 7.43. The molecule has 1 saturated heterocycles. The molecule has 0 spiro atoms. The van der Waals surface area contributed by atoms with Crippen molar-refractivity contribution in [2.75, 3.05) is 11.5 Å². The fourth-order valence-corrected chi connectivity index (χ4v) is 3.83. The number of hydrogen-bond acceptors (Lipinski definition) is 3. The predicted octanol–water partition coefficient (Wildman–Crippen LogP) is 2.32. The van der Waals surface area contributed by atoms with Crippen LogP contribution in [0.15, 0.2) is 24.3 Å². The van der Waals surface area contributed by atoms with Gasteiger partial charge in [0.15, 0.2) is 15.6 Å². The monoisotopic (exact) mass is 292 g/mol. The lowest BCUT2D eigenvalue weighted by atomic mass is 9.96. The number of alkyl halides is 3. The summed E-state index contributed by atoms with van der Waals surface area (Å²) < 4.78 is 60.1. The molecule has 104 valence electrons. The van der Waals surface area contributed by atoms with E-state index in [1.54, 1.807) is 0 Å². The number of carbonyl (C=O) groups is 1. The smallest absolute Gasteiger partial charge is 0.294 e. The molecule has 1 aliphatic rings. The second kappa shape index (κ2) is 4.63. The van der Waals surface area contributed by atoms with Gasteiger partial charge in [-0.2, -0.15) is 13.2 Å². The van der Waals surface area contributed by atoms with Crippen molar-refractivity contribution in [1.82, 2.24) is 0 Å². The number of carbonyl (C=O) groups excluding carboxylic acids is 1. The van der Waals surface area contributed by atoms with E-state index in [2.05, 4.69) is 0 Å². The molecule has 1 fully saturated rings. The first kappa shape index (κ1) is 14.0. The second-order valence-corrected chi connectivity index (χ2v) is 6.77. The molecule has 3 nitrogen and oxygen atoms in total. The summed E-state index contributed by atoms with van der Waals surface area (Å²) in [5.41, 5.74) is -0.990. The third kappa shape index (κ3) is 3.15. The summed E-state index contributed by atoms with van der Waals surface area (Å²) in [5.74, 6) is -1.62. The number of halogens is 3. The van der Waals surface area contributed by atoms with Crippen LogP contribution in [0.5, 0.6) is 0 Å². The van der Waals surface area contributed by atoms with Crippen LogP contribution in [-0.2, 0) is 16.0 Å². The van der Waals surface area contributed by atoms with Crippen LogP contribution in [0.3, 0.4) is 0 Å². The molecule has 1 aromatic rings. The first-order valence-electron chi connectivity index (χ1n) is 5.61. The molecule has 2 rings (SSSR count). The number of rotatable bonds is 2. The number of hydrogen-bond donors (Lipinski definition) is 0. The van der Waals surface area contributed by atoms with Gasteiger partial charge in [0.1, 0.15) is 0 Å². The Bertz CT molecular complexity index is 605. The summed E-state index contributed by atoms with van der Waals surface area (Å²) in [4.78, 5) is 12.0. The topological polar surface area (TPSA) is 51.2 Å². The van der Waals surface area contributed by atoms with Gasteiger partial charge < -0.3 is 0 Å². The van der Waals surface area contributed by atoms with E-state index >= 15 is 0 Å². The number of sulfone groups is 1. The third-order valence-electron chi connectivity index (χ3n) is 3.08. The number of ketones is 1. The van der Waals surface area contributed by atoms with Crippen molar-refractivity contribution in [3.05, 3.63) is 35.4 Å². The minimum atomic E-state index is -4.52. The highest BCUT2D eigenvalue weighted by atomic mass is 32.2. The highest BCUT2D eigenvalue weighted by Gasteiger charge is 2.35. The van der Waals surface area contributed by atoms with Gasteiger partial charge >= 0.3 is 6.18 Å². The highest BCUT2D eigenvalue weighted by Crippen LogP contribution is 2.31. The number of benzene rings is 1. The molecule has 19 heavy (non-hydrogen) atoms. The quantitative estimate of drug-likeness (QED) is 0.786. The molecule has 0 aliphatic carbocycles. The molecule has 1 unspecified atom stereocenters. The van der Waals surface area contributed by atoms with Crippen LogP contribution in [0.25, 0.3) is 0 Å². The van der Waals surface area contributed by atoms with Gasteiger partial charge in [0.2, 0.25) is 0 Å². The molecule has 0 amide bonds. The second-order valence-electron chi connectivity index (χ2n) is 4.54. The van der Waals surface area contributed by atoms with Gasteiger partial charge in [-0.25, -0.2) is 8.42 Å². The molecule has 0 N–H and O–H groups in total. The van der Waals surface area contributed by atoms with Crippen LogP contribution >= 0.6 is 0 Å². The van der Waals surface area contributed by atoms with Crippen LogP contribution in [0.1, 0.15) is 22.3 Å². The van der Waals surface area contributed by atoms with Gasteiger partial charge in [-0.15, -0.1) is 0 Å². The van der Waals surface area contributed by atoms with Crippen molar-refractivity contribution < 1.29 is 26.4 Å². The largest absolute Gasteiger partial charge is 0.416 e. The molecule has 0 bridgehead atoms. The maximum Gasteiger partial charge on any atom is 0.416 e. The molecule has 1 aromatic carbocycles. The predicted molar refractivity (Wildman–Crippen MR) is 62.5 cm³/mol. The molecule has 1 atom stereocenters. The van der Waals surface area contributed by atoms with Gasteiger partial charge in [-0.05, 0) is 18.6 Å². The van der Waals surface area contributed by atoms with Gasteiger partial charge in [0.05, 0.1) is 17.1 Å². The first-order chi connectivity index (χ1) is 8.69. The van der Waals surface area contributed by atoms with Crippen molar-refractivity contribution in [3.8, 4) is 0 Å². The maximum atomic E-state index is 12.5. The maximum absolute atomic E-state index is 12.5. The van der Waals surface area contributed by atoms with Crippen molar-refractivity contribution in [2.45, 2.75) is 12.6 Å². The average molecular weight is 292 g/mol. The summed E-state index contributed by atoms with van der Waals surface area (Å²) >= 11 is 0. The van der Waals surface area contributed by atoms with E-state index in [-0.39, 0.29) is 23.5 Å². The highest BCUT2D eigenvalue weighted by molar-refractivity contribution is 7.91. The van der Waals surface area contributed by atoms with Crippen LogP contribution in [0, 0.1) is 5.92 Å². The van der Waals surface area contributed by atoms with Crippen LogP contribution in [-0.4, -0.2) is 25.7 Å². The van der Waals surface area contributed by atoms with Gasteiger partial charge in [0.25, 0.3) is 0 Å². The molecule has 7 heteroatoms. The summed E-state index contributed by atoms with van der Waals surface area (Å²) in [6.45, 7) is 0. The van der Waals surface area contributed by atoms with Gasteiger partial charge in [-0.3, -0.25) is 4.79 Å². The Morgan fingerprint density at radius 2 is 1.95 bits per heavy atom. The molecular formula is C12H11F3O3S. The molecule has 0 saturated carbocycles. The summed E-state index contributed by atoms with van der Waals surface area (Å²) in [6.07, 6.45) is -4.34. The van der Waals surface area contributed by atoms with Gasteiger partial charge in [0, 0.05) is 11.5 Å². The standard InChI is InChI=1S/C12H11F3O3S/c13-12(14,15)10-3-1-2-8(6-10)11(16)9-4-5-19(17,18)7-9/h1-3,6,9H,4-5,7H2. The van der Waals surface area contributed by atoms with Crippen LogP contribution in [0.2, 0.25) is 0 Å². The minimum Gasteiger partial charge on any atom is -0.294 e. The zero-order valence-corrected chi connectivity index (χ0v) is 10.6. The van der Waals surface area contributed by atoms with E-state index in [0.717, 1.165) is 18.2 Å². The number of Topliss-reactive ketones (excluding diaryl/α,β-unsaturated/α-hetero) is 1. The van der Waals surface area contributed by atoms with Crippen molar-refractivity contribution >= 4 is 15.6 Å². The van der Waals surface area contributed by atoms with E-state index in [4.69, 9.17) is 0 Å². The molecule has 0 radical (unpaired) electrons. The van der Waals surface area contributed by atoms with E-state index in [9.17, 15) is 26.4 Å². The Hall–Kier alpha value is -1.37. The molecular weight excluding hydrogens is 281 g/mol.